The minimum absolute atomic E-state index is 0.297. The summed E-state index contributed by atoms with van der Waals surface area (Å²) in [5.74, 6) is 0. The van der Waals surface area contributed by atoms with E-state index in [0.29, 0.717) is 6.71 Å². The van der Waals surface area contributed by atoms with E-state index in [0.717, 1.165) is 0 Å². The van der Waals surface area contributed by atoms with Crippen LogP contribution in [0.25, 0.3) is 0 Å². The van der Waals surface area contributed by atoms with Crippen molar-refractivity contribution in [2.75, 3.05) is 0 Å². The summed E-state index contributed by atoms with van der Waals surface area (Å²) >= 11 is 0. The molecule has 0 aromatic heterocycles. The summed E-state index contributed by atoms with van der Waals surface area (Å²) < 4.78 is 0. The monoisotopic (exact) mass is 390 g/mol. The van der Waals surface area contributed by atoms with Gasteiger partial charge in [0.25, 0.3) is 0 Å². The third-order valence-electron chi connectivity index (χ3n) is 6.02. The maximum Gasteiger partial charge on any atom is 0.243 e. The summed E-state index contributed by atoms with van der Waals surface area (Å²) in [6.07, 6.45) is 0. The van der Waals surface area contributed by atoms with Gasteiger partial charge in [-0.05, 0) is 44.6 Å². The maximum atomic E-state index is 2.36. The molecule has 0 aliphatic carbocycles. The van der Waals surface area contributed by atoms with Gasteiger partial charge in [-0.15, -0.1) is 0 Å². The van der Waals surface area contributed by atoms with Crippen LogP contribution in [0.5, 0.6) is 0 Å². The summed E-state index contributed by atoms with van der Waals surface area (Å²) in [6, 6.07) is 34.0. The van der Waals surface area contributed by atoms with Crippen molar-refractivity contribution in [3.8, 4) is 0 Å². The molecule has 140 valence electrons. The quantitative estimate of drug-likeness (QED) is 0.321. The van der Waals surface area contributed by atoms with Crippen LogP contribution in [-0.4, -0.2) is 6.71 Å². The molecule has 4 aromatic rings. The van der Waals surface area contributed by atoms with Gasteiger partial charge in [0.15, 0.2) is 0 Å². The molecule has 0 radical (unpaired) electrons. The van der Waals surface area contributed by atoms with Crippen molar-refractivity contribution in [2.24, 2.45) is 0 Å². The van der Waals surface area contributed by atoms with Crippen LogP contribution in [0, 0.1) is 20.8 Å². The van der Waals surface area contributed by atoms with Crippen molar-refractivity contribution in [1.29, 1.82) is 0 Å². The van der Waals surface area contributed by atoms with E-state index in [4.69, 9.17) is 0 Å². The Bertz CT molecular complexity index is 1130. The predicted octanol–water partition coefficient (Wildman–Crippen LogP) is 3.20. The Hall–Kier alpha value is -2.63. The van der Waals surface area contributed by atoms with Gasteiger partial charge >= 0.3 is 0 Å². The lowest BCUT2D eigenvalue weighted by atomic mass is 9.35. The normalized spacial score (nSPS) is 13.1. The van der Waals surface area contributed by atoms with Gasteiger partial charge in [-0.2, -0.15) is 0 Å². The third-order valence-corrected chi connectivity index (χ3v) is 8.61. The Labute approximate surface area is 175 Å². The molecule has 29 heavy (non-hydrogen) atoms. The van der Waals surface area contributed by atoms with Gasteiger partial charge in [0.2, 0.25) is 6.71 Å². The molecule has 1 aliphatic rings. The molecule has 0 saturated heterocycles. The molecule has 0 fully saturated rings. The fourth-order valence-corrected chi connectivity index (χ4v) is 7.66. The number of rotatable bonds is 2. The Morgan fingerprint density at radius 1 is 0.586 bits per heavy atom. The van der Waals surface area contributed by atoms with Crippen LogP contribution < -0.4 is 32.3 Å². The number of aryl methyl sites for hydroxylation is 3. The molecule has 4 aromatic carbocycles. The molecule has 0 N–H and O–H groups in total. The lowest BCUT2D eigenvalue weighted by Gasteiger charge is -2.34. The number of hydrogen-bond acceptors (Lipinski definition) is 0. The van der Waals surface area contributed by atoms with Gasteiger partial charge in [0.05, 0.1) is 0 Å². The zero-order valence-corrected chi connectivity index (χ0v) is 18.1. The molecule has 1 heterocycles. The standard InChI is InChI=1S/C27H24BP/c1-19-17-20(2)27(21(3)18-19)28-23-13-7-9-15-25(23)29(22-11-5-4-6-12-22)26-16-10-8-14-24(26)28/h4-18H,1-3H3. The van der Waals surface area contributed by atoms with E-state index in [2.05, 4.69) is 112 Å². The Morgan fingerprint density at radius 2 is 1.07 bits per heavy atom. The van der Waals surface area contributed by atoms with E-state index in [-0.39, 0.29) is 0 Å². The van der Waals surface area contributed by atoms with Crippen LogP contribution in [0.15, 0.2) is 91.0 Å². The summed E-state index contributed by atoms with van der Waals surface area (Å²) in [7, 11) is -0.541. The maximum absolute atomic E-state index is 2.36. The second-order valence-electron chi connectivity index (χ2n) is 8.03. The zero-order valence-electron chi connectivity index (χ0n) is 17.2. The number of benzene rings is 4. The van der Waals surface area contributed by atoms with Crippen LogP contribution in [0.1, 0.15) is 16.7 Å². The summed E-state index contributed by atoms with van der Waals surface area (Å²) in [4.78, 5) is 0. The Morgan fingerprint density at radius 3 is 1.62 bits per heavy atom. The number of fused-ring (bicyclic) bond motifs is 2. The minimum atomic E-state index is -0.541. The second-order valence-corrected chi connectivity index (χ2v) is 10.2. The molecule has 2 heteroatoms. The first kappa shape index (κ1) is 18.4. The molecule has 0 nitrogen and oxygen atoms in total. The van der Waals surface area contributed by atoms with Gasteiger partial charge in [-0.3, -0.25) is 0 Å². The minimum Gasteiger partial charge on any atom is -0.0663 e. The summed E-state index contributed by atoms with van der Waals surface area (Å²) in [5, 5.41) is 4.42. The molecule has 0 unspecified atom stereocenters. The van der Waals surface area contributed by atoms with Crippen molar-refractivity contribution in [3.63, 3.8) is 0 Å². The molecule has 0 bridgehead atoms. The van der Waals surface area contributed by atoms with Gasteiger partial charge in [-0.25, -0.2) is 0 Å². The molecular weight excluding hydrogens is 366 g/mol. The van der Waals surface area contributed by atoms with E-state index in [1.54, 1.807) is 0 Å². The molecule has 0 atom stereocenters. The average Bonchev–Trinajstić information content (AvgIpc) is 2.73. The largest absolute Gasteiger partial charge is 0.243 e. The van der Waals surface area contributed by atoms with E-state index in [9.17, 15) is 0 Å². The molecule has 1 aliphatic heterocycles. The smallest absolute Gasteiger partial charge is 0.0663 e. The predicted molar refractivity (Wildman–Crippen MR) is 130 cm³/mol. The molecule has 0 amide bonds. The van der Waals surface area contributed by atoms with Crippen molar-refractivity contribution >= 4 is 46.9 Å². The highest BCUT2D eigenvalue weighted by molar-refractivity contribution is 7.81. The first-order valence-corrected chi connectivity index (χ1v) is 11.6. The van der Waals surface area contributed by atoms with Crippen molar-refractivity contribution in [2.45, 2.75) is 20.8 Å². The first-order valence-electron chi connectivity index (χ1n) is 10.3. The second kappa shape index (κ2) is 7.32. The first-order chi connectivity index (χ1) is 14.1. The van der Waals surface area contributed by atoms with Crippen molar-refractivity contribution in [3.05, 3.63) is 108 Å². The van der Waals surface area contributed by atoms with Crippen LogP contribution in [-0.2, 0) is 0 Å². The Balaban J connectivity index is 1.83. The highest BCUT2D eigenvalue weighted by Crippen LogP contribution is 2.33. The molecule has 0 spiro atoms. The van der Waals surface area contributed by atoms with Gasteiger partial charge < -0.3 is 0 Å². The lowest BCUT2D eigenvalue weighted by Crippen LogP contribution is -2.65. The fraction of sp³-hybridized carbons (Fsp3) is 0.111. The average molecular weight is 390 g/mol. The van der Waals surface area contributed by atoms with E-state index >= 15 is 0 Å². The van der Waals surface area contributed by atoms with Gasteiger partial charge in [-0.1, -0.05) is 124 Å². The highest BCUT2D eigenvalue weighted by atomic mass is 31.1. The van der Waals surface area contributed by atoms with Crippen LogP contribution in [0.4, 0.5) is 0 Å². The van der Waals surface area contributed by atoms with Crippen LogP contribution >= 0.6 is 7.92 Å². The van der Waals surface area contributed by atoms with Crippen LogP contribution in [0.3, 0.4) is 0 Å². The lowest BCUT2D eigenvalue weighted by molar-refractivity contribution is 1.35. The number of hydrogen-bond donors (Lipinski definition) is 0. The Kier molecular flexibility index (Phi) is 4.65. The van der Waals surface area contributed by atoms with E-state index < -0.39 is 7.92 Å². The summed E-state index contributed by atoms with van der Waals surface area (Å²) in [5.41, 5.74) is 8.53. The van der Waals surface area contributed by atoms with E-state index in [1.807, 2.05) is 0 Å². The van der Waals surface area contributed by atoms with Gasteiger partial charge in [0.1, 0.15) is 0 Å². The van der Waals surface area contributed by atoms with Crippen LogP contribution in [0.2, 0.25) is 0 Å². The highest BCUT2D eigenvalue weighted by Gasteiger charge is 2.37. The summed E-state index contributed by atoms with van der Waals surface area (Å²) in [6.45, 7) is 7.04. The molecular formula is C27H24BP. The molecule has 0 saturated carbocycles. The van der Waals surface area contributed by atoms with Gasteiger partial charge in [0, 0.05) is 0 Å². The van der Waals surface area contributed by atoms with Crippen molar-refractivity contribution < 1.29 is 0 Å². The van der Waals surface area contributed by atoms with E-state index in [1.165, 1.54) is 49.0 Å². The fourth-order valence-electron chi connectivity index (χ4n) is 4.98. The topological polar surface area (TPSA) is 0 Å². The zero-order chi connectivity index (χ0) is 20.0. The SMILES string of the molecule is Cc1cc(C)c(B2c3ccccc3P(c3ccccc3)c3ccccc32)c(C)c1. The molecule has 5 rings (SSSR count). The third kappa shape index (κ3) is 3.05. The van der Waals surface area contributed by atoms with Crippen molar-refractivity contribution in [1.82, 2.24) is 0 Å².